The van der Waals surface area contributed by atoms with Crippen molar-refractivity contribution in [3.8, 4) is 0 Å². The lowest BCUT2D eigenvalue weighted by atomic mass is 10.2. The van der Waals surface area contributed by atoms with Crippen LogP contribution in [-0.2, 0) is 0 Å². The highest BCUT2D eigenvalue weighted by Gasteiger charge is 2.09. The van der Waals surface area contributed by atoms with Gasteiger partial charge in [-0.15, -0.1) is 0 Å². The number of benzene rings is 2. The Bertz CT molecular complexity index is 1200. The third kappa shape index (κ3) is 5.43. The molecule has 2 heterocycles. The van der Waals surface area contributed by atoms with Crippen LogP contribution < -0.4 is 16.0 Å². The number of carbonyl (C=O) groups excluding carboxylic acids is 1. The van der Waals surface area contributed by atoms with E-state index in [9.17, 15) is 4.79 Å². The molecule has 0 aliphatic rings. The van der Waals surface area contributed by atoms with Gasteiger partial charge in [0.25, 0.3) is 5.91 Å². The van der Waals surface area contributed by atoms with E-state index in [1.54, 1.807) is 12.3 Å². The maximum Gasteiger partial charge on any atom is 0.256 e. The SMILES string of the molecule is Cc1nc(Nc2ccc(NC(=O)c3ccccc3Br)cc2)cc(Nc2ccccn2)n1. The zero-order valence-corrected chi connectivity index (χ0v) is 18.2. The van der Waals surface area contributed by atoms with E-state index < -0.39 is 0 Å². The normalized spacial score (nSPS) is 10.4. The van der Waals surface area contributed by atoms with Crippen molar-refractivity contribution in [1.29, 1.82) is 0 Å². The van der Waals surface area contributed by atoms with Gasteiger partial charge in [0.2, 0.25) is 0 Å². The van der Waals surface area contributed by atoms with Crippen LogP contribution in [0.2, 0.25) is 0 Å². The van der Waals surface area contributed by atoms with Gasteiger partial charge in [-0.05, 0) is 71.4 Å². The van der Waals surface area contributed by atoms with Crippen molar-refractivity contribution in [3.63, 3.8) is 0 Å². The molecule has 0 aliphatic carbocycles. The summed E-state index contributed by atoms with van der Waals surface area (Å²) in [5, 5.41) is 9.33. The van der Waals surface area contributed by atoms with Gasteiger partial charge < -0.3 is 16.0 Å². The molecule has 154 valence electrons. The first-order valence-corrected chi connectivity index (χ1v) is 10.3. The smallest absolute Gasteiger partial charge is 0.256 e. The third-order valence-electron chi connectivity index (χ3n) is 4.29. The van der Waals surface area contributed by atoms with E-state index in [4.69, 9.17) is 0 Å². The van der Waals surface area contributed by atoms with Crippen LogP contribution >= 0.6 is 15.9 Å². The van der Waals surface area contributed by atoms with Gasteiger partial charge in [0.15, 0.2) is 0 Å². The summed E-state index contributed by atoms with van der Waals surface area (Å²) in [5.74, 6) is 2.45. The number of aromatic nitrogens is 3. The number of anilines is 5. The van der Waals surface area contributed by atoms with Crippen molar-refractivity contribution in [1.82, 2.24) is 15.0 Å². The number of aryl methyl sites for hydroxylation is 1. The summed E-state index contributed by atoms with van der Waals surface area (Å²) < 4.78 is 0.750. The second kappa shape index (κ2) is 9.36. The molecular weight excluding hydrogens is 456 g/mol. The van der Waals surface area contributed by atoms with Crippen molar-refractivity contribution in [2.75, 3.05) is 16.0 Å². The van der Waals surface area contributed by atoms with Crippen LogP contribution in [0.5, 0.6) is 0 Å². The number of rotatable bonds is 6. The summed E-state index contributed by atoms with van der Waals surface area (Å²) in [6.07, 6.45) is 1.71. The highest BCUT2D eigenvalue weighted by Crippen LogP contribution is 2.22. The number of carbonyl (C=O) groups is 1. The minimum Gasteiger partial charge on any atom is -0.340 e. The maximum atomic E-state index is 12.5. The molecule has 4 aromatic rings. The molecule has 0 saturated heterocycles. The molecule has 1 amide bonds. The Morgan fingerprint density at radius 3 is 2.19 bits per heavy atom. The molecule has 2 aromatic heterocycles. The van der Waals surface area contributed by atoms with Crippen molar-refractivity contribution in [2.24, 2.45) is 0 Å². The van der Waals surface area contributed by atoms with E-state index in [2.05, 4.69) is 46.8 Å². The maximum absolute atomic E-state index is 12.5. The van der Waals surface area contributed by atoms with Crippen LogP contribution in [0.1, 0.15) is 16.2 Å². The van der Waals surface area contributed by atoms with Gasteiger partial charge in [-0.2, -0.15) is 0 Å². The molecule has 0 spiro atoms. The van der Waals surface area contributed by atoms with Crippen LogP contribution in [0, 0.1) is 6.92 Å². The lowest BCUT2D eigenvalue weighted by molar-refractivity contribution is 0.102. The summed E-state index contributed by atoms with van der Waals surface area (Å²) in [6.45, 7) is 1.83. The predicted octanol–water partition coefficient (Wildman–Crippen LogP) is 5.68. The first kappa shape index (κ1) is 20.5. The molecule has 4 rings (SSSR count). The van der Waals surface area contributed by atoms with Crippen molar-refractivity contribution < 1.29 is 4.79 Å². The second-order valence-electron chi connectivity index (χ2n) is 6.66. The number of pyridine rings is 1. The van der Waals surface area contributed by atoms with E-state index in [0.29, 0.717) is 34.5 Å². The molecule has 31 heavy (non-hydrogen) atoms. The standard InChI is InChI=1S/C23H19BrN6O/c1-15-26-21(14-22(27-15)30-20-8-4-5-13-25-20)28-16-9-11-17(12-10-16)29-23(31)18-6-2-3-7-19(18)24/h2-14H,1H3,(H,29,31)(H2,25,26,27,28,30). The van der Waals surface area contributed by atoms with E-state index in [0.717, 1.165) is 10.2 Å². The van der Waals surface area contributed by atoms with Crippen molar-refractivity contribution >= 4 is 50.7 Å². The van der Waals surface area contributed by atoms with E-state index in [1.807, 2.05) is 73.7 Å². The highest BCUT2D eigenvalue weighted by molar-refractivity contribution is 9.10. The molecule has 0 radical (unpaired) electrons. The van der Waals surface area contributed by atoms with Crippen molar-refractivity contribution in [3.05, 3.63) is 94.9 Å². The molecule has 0 bridgehead atoms. The average molecular weight is 475 g/mol. The Hall–Kier alpha value is -3.78. The Morgan fingerprint density at radius 1 is 0.806 bits per heavy atom. The summed E-state index contributed by atoms with van der Waals surface area (Å²) in [6, 6.07) is 22.1. The zero-order valence-electron chi connectivity index (χ0n) is 16.6. The second-order valence-corrected chi connectivity index (χ2v) is 7.52. The van der Waals surface area contributed by atoms with Gasteiger partial charge in [0, 0.05) is 28.1 Å². The fourth-order valence-electron chi connectivity index (χ4n) is 2.89. The number of nitrogens with one attached hydrogen (secondary N) is 3. The Balaban J connectivity index is 1.44. The summed E-state index contributed by atoms with van der Waals surface area (Å²) in [7, 11) is 0. The van der Waals surface area contributed by atoms with Crippen LogP contribution in [0.15, 0.2) is 83.5 Å². The van der Waals surface area contributed by atoms with Gasteiger partial charge in [0.1, 0.15) is 23.3 Å². The van der Waals surface area contributed by atoms with E-state index in [-0.39, 0.29) is 5.91 Å². The predicted molar refractivity (Wildman–Crippen MR) is 126 cm³/mol. The van der Waals surface area contributed by atoms with Gasteiger partial charge in [0.05, 0.1) is 5.56 Å². The first-order chi connectivity index (χ1) is 15.1. The average Bonchev–Trinajstić information content (AvgIpc) is 2.76. The minimum absolute atomic E-state index is 0.176. The van der Waals surface area contributed by atoms with Crippen LogP contribution in [0.25, 0.3) is 0 Å². The molecule has 0 atom stereocenters. The topological polar surface area (TPSA) is 91.8 Å². The van der Waals surface area contributed by atoms with Crippen LogP contribution in [-0.4, -0.2) is 20.9 Å². The lowest BCUT2D eigenvalue weighted by Crippen LogP contribution is -2.12. The molecule has 0 fully saturated rings. The quantitative estimate of drug-likeness (QED) is 0.332. The minimum atomic E-state index is -0.176. The molecule has 0 unspecified atom stereocenters. The Labute approximate surface area is 188 Å². The summed E-state index contributed by atoms with van der Waals surface area (Å²) in [5.41, 5.74) is 2.11. The van der Waals surface area contributed by atoms with E-state index >= 15 is 0 Å². The van der Waals surface area contributed by atoms with E-state index in [1.165, 1.54) is 0 Å². The molecule has 2 aromatic carbocycles. The Morgan fingerprint density at radius 2 is 1.48 bits per heavy atom. The molecule has 3 N–H and O–H groups in total. The summed E-state index contributed by atoms with van der Waals surface area (Å²) in [4.78, 5) is 25.5. The largest absolute Gasteiger partial charge is 0.340 e. The number of nitrogens with zero attached hydrogens (tertiary/aromatic N) is 3. The fourth-order valence-corrected chi connectivity index (χ4v) is 3.36. The fraction of sp³-hybridized carbons (Fsp3) is 0.0435. The first-order valence-electron chi connectivity index (χ1n) is 9.53. The van der Waals surface area contributed by atoms with Gasteiger partial charge in [-0.3, -0.25) is 4.79 Å². The molecule has 0 aliphatic heterocycles. The van der Waals surface area contributed by atoms with Crippen LogP contribution in [0.4, 0.5) is 28.8 Å². The third-order valence-corrected chi connectivity index (χ3v) is 4.98. The molecule has 8 heteroatoms. The van der Waals surface area contributed by atoms with Gasteiger partial charge in [-0.25, -0.2) is 15.0 Å². The van der Waals surface area contributed by atoms with Crippen LogP contribution in [0.3, 0.4) is 0 Å². The van der Waals surface area contributed by atoms with Gasteiger partial charge >= 0.3 is 0 Å². The highest BCUT2D eigenvalue weighted by atomic mass is 79.9. The zero-order chi connectivity index (χ0) is 21.6. The monoisotopic (exact) mass is 474 g/mol. The van der Waals surface area contributed by atoms with Gasteiger partial charge in [-0.1, -0.05) is 18.2 Å². The number of hydrogen-bond donors (Lipinski definition) is 3. The Kier molecular flexibility index (Phi) is 6.18. The number of hydrogen-bond acceptors (Lipinski definition) is 6. The molecular formula is C23H19BrN6O. The number of amides is 1. The van der Waals surface area contributed by atoms with Crippen molar-refractivity contribution in [2.45, 2.75) is 6.92 Å². The summed E-state index contributed by atoms with van der Waals surface area (Å²) >= 11 is 3.40. The molecule has 7 nitrogen and oxygen atoms in total. The lowest BCUT2D eigenvalue weighted by Gasteiger charge is -2.11. The number of halogens is 1. The molecule has 0 saturated carbocycles.